The number of carbonyl (C=O) groups excluding carboxylic acids is 3. The quantitative estimate of drug-likeness (QED) is 0.694. The minimum atomic E-state index is -0.417. The Kier molecular flexibility index (Phi) is 6.56. The van der Waals surface area contributed by atoms with E-state index >= 15 is 0 Å². The van der Waals surface area contributed by atoms with E-state index in [-0.39, 0.29) is 24.3 Å². The van der Waals surface area contributed by atoms with Crippen LogP contribution in [0.2, 0.25) is 0 Å². The second-order valence-corrected chi connectivity index (χ2v) is 7.03. The molecule has 2 aromatic carbocycles. The molecule has 1 aliphatic rings. The molecule has 0 aliphatic carbocycles. The van der Waals surface area contributed by atoms with Crippen LogP contribution in [0.1, 0.15) is 23.2 Å². The van der Waals surface area contributed by atoms with Gasteiger partial charge in [0.05, 0.1) is 23.7 Å². The molecule has 0 aromatic heterocycles. The first-order chi connectivity index (χ1) is 13.9. The third-order valence-electron chi connectivity index (χ3n) is 4.82. The zero-order valence-electron chi connectivity index (χ0n) is 15.9. The van der Waals surface area contributed by atoms with Gasteiger partial charge in [-0.05, 0) is 55.8 Å². The lowest BCUT2D eigenvalue weighted by Gasteiger charge is -2.30. The molecule has 1 aliphatic heterocycles. The van der Waals surface area contributed by atoms with E-state index < -0.39 is 11.7 Å². The molecule has 3 amide bonds. The van der Waals surface area contributed by atoms with Crippen molar-refractivity contribution in [3.05, 3.63) is 59.9 Å². The predicted molar refractivity (Wildman–Crippen MR) is 108 cm³/mol. The van der Waals surface area contributed by atoms with Crippen LogP contribution in [-0.2, 0) is 9.59 Å². The molecule has 1 saturated heterocycles. The van der Waals surface area contributed by atoms with Crippen molar-refractivity contribution in [2.45, 2.75) is 12.8 Å². The summed E-state index contributed by atoms with van der Waals surface area (Å²) >= 11 is 0. The fourth-order valence-electron chi connectivity index (χ4n) is 3.35. The van der Waals surface area contributed by atoms with Crippen molar-refractivity contribution in [1.29, 1.82) is 0 Å². The van der Waals surface area contributed by atoms with Gasteiger partial charge in [0, 0.05) is 12.2 Å². The van der Waals surface area contributed by atoms with Crippen LogP contribution in [0, 0.1) is 11.7 Å². The number of hydrogen-bond acceptors (Lipinski definition) is 4. The van der Waals surface area contributed by atoms with Crippen LogP contribution >= 0.6 is 0 Å². The lowest BCUT2D eigenvalue weighted by molar-refractivity contribution is -0.125. The number of amides is 3. The summed E-state index contributed by atoms with van der Waals surface area (Å²) in [5.41, 5.74) is 6.49. The number of likely N-dealkylation sites (tertiary alicyclic amines) is 1. The van der Waals surface area contributed by atoms with Crippen molar-refractivity contribution in [3.8, 4) is 0 Å². The Morgan fingerprint density at radius 1 is 1.07 bits per heavy atom. The van der Waals surface area contributed by atoms with Gasteiger partial charge in [0.2, 0.25) is 11.8 Å². The van der Waals surface area contributed by atoms with E-state index in [0.717, 1.165) is 12.8 Å². The van der Waals surface area contributed by atoms with E-state index in [1.165, 1.54) is 24.3 Å². The molecule has 0 spiro atoms. The van der Waals surface area contributed by atoms with Crippen LogP contribution in [0.25, 0.3) is 0 Å². The Morgan fingerprint density at radius 2 is 1.79 bits per heavy atom. The van der Waals surface area contributed by atoms with Crippen molar-refractivity contribution >= 4 is 29.1 Å². The Hall–Kier alpha value is -3.26. The number of hydrogen-bond donors (Lipinski definition) is 3. The van der Waals surface area contributed by atoms with E-state index in [2.05, 4.69) is 10.6 Å². The molecule has 0 radical (unpaired) electrons. The maximum atomic E-state index is 13.0. The summed E-state index contributed by atoms with van der Waals surface area (Å²) < 4.78 is 13.0. The summed E-state index contributed by atoms with van der Waals surface area (Å²) in [6.45, 7) is 1.27. The molecule has 0 saturated carbocycles. The van der Waals surface area contributed by atoms with Crippen LogP contribution in [0.5, 0.6) is 0 Å². The maximum absolute atomic E-state index is 13.0. The van der Waals surface area contributed by atoms with Crippen LogP contribution in [0.4, 0.5) is 15.8 Å². The van der Waals surface area contributed by atoms with Crippen molar-refractivity contribution in [2.75, 3.05) is 30.3 Å². The minimum Gasteiger partial charge on any atom is -0.369 e. The van der Waals surface area contributed by atoms with Crippen molar-refractivity contribution in [1.82, 2.24) is 4.90 Å². The molecule has 4 N–H and O–H groups in total. The number of benzene rings is 2. The van der Waals surface area contributed by atoms with Gasteiger partial charge >= 0.3 is 0 Å². The molecular weight excluding hydrogens is 375 g/mol. The SMILES string of the molecule is NC(=O)[C@@H]1CCCN(CC(=O)Nc2ccccc2C(=O)Nc2ccc(F)cc2)C1. The predicted octanol–water partition coefficient (Wildman–Crippen LogP) is 2.21. The van der Waals surface area contributed by atoms with Gasteiger partial charge in [0.1, 0.15) is 5.82 Å². The van der Waals surface area contributed by atoms with Crippen molar-refractivity contribution < 1.29 is 18.8 Å². The zero-order valence-corrected chi connectivity index (χ0v) is 15.9. The second-order valence-electron chi connectivity index (χ2n) is 7.03. The van der Waals surface area contributed by atoms with E-state index in [9.17, 15) is 18.8 Å². The summed E-state index contributed by atoms with van der Waals surface area (Å²) in [6, 6.07) is 12.1. The van der Waals surface area contributed by atoms with Crippen LogP contribution in [-0.4, -0.2) is 42.3 Å². The van der Waals surface area contributed by atoms with Crippen LogP contribution in [0.3, 0.4) is 0 Å². The Morgan fingerprint density at radius 3 is 2.52 bits per heavy atom. The second kappa shape index (κ2) is 9.29. The molecule has 1 heterocycles. The van der Waals surface area contributed by atoms with E-state index in [1.54, 1.807) is 24.3 Å². The summed E-state index contributed by atoms with van der Waals surface area (Å²) in [5, 5.41) is 5.44. The topological polar surface area (TPSA) is 105 Å². The van der Waals surface area contributed by atoms with E-state index in [4.69, 9.17) is 5.73 Å². The molecule has 1 fully saturated rings. The zero-order chi connectivity index (χ0) is 20.8. The lowest BCUT2D eigenvalue weighted by atomic mass is 9.97. The molecule has 3 rings (SSSR count). The fourth-order valence-corrected chi connectivity index (χ4v) is 3.35. The first-order valence-corrected chi connectivity index (χ1v) is 9.40. The van der Waals surface area contributed by atoms with Gasteiger partial charge in [-0.3, -0.25) is 19.3 Å². The van der Waals surface area contributed by atoms with E-state index in [0.29, 0.717) is 30.0 Å². The number of nitrogens with one attached hydrogen (secondary N) is 2. The highest BCUT2D eigenvalue weighted by Crippen LogP contribution is 2.19. The Bertz CT molecular complexity index is 901. The fraction of sp³-hybridized carbons (Fsp3) is 0.286. The number of primary amides is 1. The van der Waals surface area contributed by atoms with Gasteiger partial charge in [0.25, 0.3) is 5.91 Å². The number of nitrogens with two attached hydrogens (primary N) is 1. The number of nitrogens with zero attached hydrogens (tertiary/aromatic N) is 1. The molecule has 0 bridgehead atoms. The van der Waals surface area contributed by atoms with Crippen LogP contribution in [0.15, 0.2) is 48.5 Å². The number of rotatable bonds is 6. The van der Waals surface area contributed by atoms with Gasteiger partial charge in [-0.1, -0.05) is 12.1 Å². The van der Waals surface area contributed by atoms with Gasteiger partial charge in [-0.2, -0.15) is 0 Å². The first-order valence-electron chi connectivity index (χ1n) is 9.40. The van der Waals surface area contributed by atoms with Gasteiger partial charge in [-0.25, -0.2) is 4.39 Å². The molecule has 0 unspecified atom stereocenters. The highest BCUT2D eigenvalue weighted by atomic mass is 19.1. The number of para-hydroxylation sites is 1. The third kappa shape index (κ3) is 5.61. The van der Waals surface area contributed by atoms with Crippen molar-refractivity contribution in [2.24, 2.45) is 11.7 Å². The molecule has 29 heavy (non-hydrogen) atoms. The average Bonchev–Trinajstić information content (AvgIpc) is 2.70. The molecule has 8 heteroatoms. The number of anilines is 2. The van der Waals surface area contributed by atoms with Crippen LogP contribution < -0.4 is 16.4 Å². The lowest BCUT2D eigenvalue weighted by Crippen LogP contribution is -2.44. The Labute approximate surface area is 168 Å². The molecule has 152 valence electrons. The smallest absolute Gasteiger partial charge is 0.257 e. The summed E-state index contributed by atoms with van der Waals surface area (Å²) in [5.74, 6) is -1.69. The Balaban J connectivity index is 1.63. The highest BCUT2D eigenvalue weighted by molar-refractivity contribution is 6.10. The van der Waals surface area contributed by atoms with Gasteiger partial charge in [-0.15, -0.1) is 0 Å². The molecular formula is C21H23FN4O3. The first kappa shape index (κ1) is 20.5. The highest BCUT2D eigenvalue weighted by Gasteiger charge is 2.25. The standard InChI is InChI=1S/C21H23FN4O3/c22-15-7-9-16(10-8-15)24-21(29)17-5-1-2-6-18(17)25-19(27)13-26-11-3-4-14(12-26)20(23)28/h1-2,5-10,14H,3-4,11-13H2,(H2,23,28)(H,24,29)(H,25,27)/t14-/m1/s1. The average molecular weight is 398 g/mol. The summed E-state index contributed by atoms with van der Waals surface area (Å²) in [4.78, 5) is 38.4. The number of piperidine rings is 1. The normalized spacial score (nSPS) is 16.8. The van der Waals surface area contributed by atoms with Crippen molar-refractivity contribution in [3.63, 3.8) is 0 Å². The van der Waals surface area contributed by atoms with Gasteiger partial charge in [0.15, 0.2) is 0 Å². The monoisotopic (exact) mass is 398 g/mol. The third-order valence-corrected chi connectivity index (χ3v) is 4.82. The largest absolute Gasteiger partial charge is 0.369 e. The van der Waals surface area contributed by atoms with E-state index in [1.807, 2.05) is 4.90 Å². The van der Waals surface area contributed by atoms with Gasteiger partial charge < -0.3 is 16.4 Å². The number of carbonyl (C=O) groups is 3. The molecule has 1 atom stereocenters. The summed E-state index contributed by atoms with van der Waals surface area (Å²) in [6.07, 6.45) is 1.54. The maximum Gasteiger partial charge on any atom is 0.257 e. The minimum absolute atomic E-state index is 0.109. The summed E-state index contributed by atoms with van der Waals surface area (Å²) in [7, 11) is 0. The molecule has 7 nitrogen and oxygen atoms in total. The molecule has 2 aromatic rings. The number of halogens is 1.